The number of benzene rings is 1. The fourth-order valence-electron chi connectivity index (χ4n) is 3.14. The van der Waals surface area contributed by atoms with Crippen LogP contribution in [0.25, 0.3) is 0 Å². The number of carbonyl (C=O) groups excluding carboxylic acids is 2. The summed E-state index contributed by atoms with van der Waals surface area (Å²) in [6.07, 6.45) is 2.43. The van der Waals surface area contributed by atoms with Gasteiger partial charge in [0, 0.05) is 0 Å². The van der Waals surface area contributed by atoms with Crippen LogP contribution in [0.3, 0.4) is 0 Å². The fraction of sp³-hybridized carbons (Fsp3) is 0.375. The van der Waals surface area contributed by atoms with Gasteiger partial charge in [-0.2, -0.15) is 0 Å². The van der Waals surface area contributed by atoms with Gasteiger partial charge in [-0.25, -0.2) is 4.39 Å². The lowest BCUT2D eigenvalue weighted by Gasteiger charge is -2.16. The molecule has 1 aromatic rings. The minimum atomic E-state index is -0.487. The van der Waals surface area contributed by atoms with Crippen LogP contribution >= 0.6 is 0 Å². The second-order valence-electron chi connectivity index (χ2n) is 5.33. The van der Waals surface area contributed by atoms with Crippen LogP contribution in [0.5, 0.6) is 0 Å². The van der Waals surface area contributed by atoms with Gasteiger partial charge in [-0.3, -0.25) is 14.5 Å². The molecule has 0 spiro atoms. The predicted molar refractivity (Wildman–Crippen MR) is 75.7 cm³/mol. The van der Waals surface area contributed by atoms with E-state index < -0.39 is 5.82 Å². The molecule has 1 aromatic carbocycles. The summed E-state index contributed by atoms with van der Waals surface area (Å²) in [5, 5.41) is 0. The maximum atomic E-state index is 13.7. The second kappa shape index (κ2) is 5.30. The quantitative estimate of drug-likeness (QED) is 0.627. The molecule has 5 heteroatoms. The Morgan fingerprint density at radius 1 is 1.24 bits per heavy atom. The Morgan fingerprint density at radius 3 is 2.52 bits per heavy atom. The van der Waals surface area contributed by atoms with Gasteiger partial charge in [-0.05, 0) is 31.0 Å². The van der Waals surface area contributed by atoms with E-state index in [2.05, 4.69) is 11.8 Å². The van der Waals surface area contributed by atoms with Crippen molar-refractivity contribution in [3.8, 4) is 11.8 Å². The highest BCUT2D eigenvalue weighted by Gasteiger charge is 2.50. The molecule has 1 aliphatic carbocycles. The lowest BCUT2D eigenvalue weighted by Crippen LogP contribution is -2.31. The van der Waals surface area contributed by atoms with Crippen LogP contribution in [-0.2, 0) is 9.59 Å². The summed E-state index contributed by atoms with van der Waals surface area (Å²) in [6, 6.07) is 4.11. The molecular weight excluding hydrogens is 271 g/mol. The predicted octanol–water partition coefficient (Wildman–Crippen LogP) is 1.43. The van der Waals surface area contributed by atoms with Crippen LogP contribution in [0.1, 0.15) is 24.8 Å². The summed E-state index contributed by atoms with van der Waals surface area (Å²) in [5.41, 5.74) is 5.82. The molecule has 0 radical (unpaired) electrons. The molecular formula is C16H15FN2O2. The first-order valence-electron chi connectivity index (χ1n) is 7.00. The van der Waals surface area contributed by atoms with Gasteiger partial charge >= 0.3 is 0 Å². The number of hydrogen-bond donors (Lipinski definition) is 1. The summed E-state index contributed by atoms with van der Waals surface area (Å²) in [4.78, 5) is 25.9. The van der Waals surface area contributed by atoms with Crippen LogP contribution < -0.4 is 10.6 Å². The van der Waals surface area contributed by atoms with Crippen molar-refractivity contribution in [1.82, 2.24) is 0 Å². The molecule has 2 atom stereocenters. The van der Waals surface area contributed by atoms with Gasteiger partial charge in [-0.15, -0.1) is 0 Å². The number of fused-ring (bicyclic) bond motifs is 1. The van der Waals surface area contributed by atoms with Crippen molar-refractivity contribution in [1.29, 1.82) is 0 Å². The number of nitrogens with zero attached hydrogens (tertiary/aromatic N) is 1. The van der Waals surface area contributed by atoms with Gasteiger partial charge in [0.15, 0.2) is 0 Å². The molecule has 2 N–H and O–H groups in total. The Bertz CT molecular complexity index is 653. The Morgan fingerprint density at radius 2 is 1.90 bits per heavy atom. The van der Waals surface area contributed by atoms with Gasteiger partial charge < -0.3 is 5.73 Å². The molecule has 1 heterocycles. The lowest BCUT2D eigenvalue weighted by atomic mass is 10.00. The number of rotatable bonds is 1. The van der Waals surface area contributed by atoms with Crippen molar-refractivity contribution in [3.05, 3.63) is 29.6 Å². The zero-order valence-corrected chi connectivity index (χ0v) is 11.4. The van der Waals surface area contributed by atoms with Crippen LogP contribution in [0.4, 0.5) is 10.1 Å². The molecule has 2 aliphatic rings. The highest BCUT2D eigenvalue weighted by Crippen LogP contribution is 2.41. The number of carbonyl (C=O) groups is 2. The van der Waals surface area contributed by atoms with Crippen LogP contribution in [0.15, 0.2) is 18.2 Å². The van der Waals surface area contributed by atoms with Crippen LogP contribution in [-0.4, -0.2) is 18.4 Å². The molecule has 0 bridgehead atoms. The van der Waals surface area contributed by atoms with Crippen LogP contribution in [0, 0.1) is 29.5 Å². The number of hydrogen-bond acceptors (Lipinski definition) is 3. The third-order valence-electron chi connectivity index (χ3n) is 4.12. The van der Waals surface area contributed by atoms with E-state index >= 15 is 0 Å². The summed E-state index contributed by atoms with van der Waals surface area (Å²) in [6.45, 7) is 0.120. The van der Waals surface area contributed by atoms with Gasteiger partial charge in [0.2, 0.25) is 11.8 Å². The van der Waals surface area contributed by atoms with Crippen molar-refractivity contribution >= 4 is 17.5 Å². The molecule has 1 saturated carbocycles. The minimum Gasteiger partial charge on any atom is -0.320 e. The Kier molecular flexibility index (Phi) is 3.48. The van der Waals surface area contributed by atoms with E-state index in [-0.39, 0.29) is 35.8 Å². The van der Waals surface area contributed by atoms with Crippen molar-refractivity contribution in [2.45, 2.75) is 19.3 Å². The number of halogens is 1. The number of amides is 2. The van der Waals surface area contributed by atoms with Gasteiger partial charge in [0.25, 0.3) is 0 Å². The maximum Gasteiger partial charge on any atom is 0.237 e. The average Bonchev–Trinajstić information content (AvgIpc) is 3.04. The lowest BCUT2D eigenvalue weighted by molar-refractivity contribution is -0.122. The van der Waals surface area contributed by atoms with E-state index in [9.17, 15) is 14.0 Å². The Labute approximate surface area is 122 Å². The average molecular weight is 286 g/mol. The fourth-order valence-corrected chi connectivity index (χ4v) is 3.14. The highest BCUT2D eigenvalue weighted by atomic mass is 19.1. The largest absolute Gasteiger partial charge is 0.320 e. The smallest absolute Gasteiger partial charge is 0.237 e. The van der Waals surface area contributed by atoms with Crippen LogP contribution in [0.2, 0.25) is 0 Å². The van der Waals surface area contributed by atoms with Crippen molar-refractivity contribution < 1.29 is 14.0 Å². The van der Waals surface area contributed by atoms with Crippen molar-refractivity contribution in [2.24, 2.45) is 17.6 Å². The van der Waals surface area contributed by atoms with E-state index in [1.54, 1.807) is 0 Å². The monoisotopic (exact) mass is 286 g/mol. The molecule has 2 unspecified atom stereocenters. The molecule has 4 nitrogen and oxygen atoms in total. The first-order valence-corrected chi connectivity index (χ1v) is 7.00. The molecule has 1 saturated heterocycles. The third kappa shape index (κ3) is 2.22. The number of anilines is 1. The molecule has 0 aromatic heterocycles. The van der Waals surface area contributed by atoms with Gasteiger partial charge in [-0.1, -0.05) is 18.3 Å². The number of nitrogens with two attached hydrogens (primary N) is 1. The highest BCUT2D eigenvalue weighted by molar-refractivity contribution is 6.22. The normalized spacial score (nSPS) is 24.0. The SMILES string of the molecule is NCC#Cc1cc(N2C(=O)C3CCCC3C2=O)ccc1F. The molecule has 21 heavy (non-hydrogen) atoms. The van der Waals surface area contributed by atoms with Crippen molar-refractivity contribution in [2.75, 3.05) is 11.4 Å². The maximum absolute atomic E-state index is 13.7. The third-order valence-corrected chi connectivity index (χ3v) is 4.12. The van der Waals surface area contributed by atoms with E-state index in [1.807, 2.05) is 0 Å². The Hall–Kier alpha value is -2.19. The van der Waals surface area contributed by atoms with Crippen molar-refractivity contribution in [3.63, 3.8) is 0 Å². The second-order valence-corrected chi connectivity index (χ2v) is 5.33. The minimum absolute atomic E-state index is 0.120. The zero-order chi connectivity index (χ0) is 15.0. The first kappa shape index (κ1) is 13.8. The molecule has 3 rings (SSSR count). The van der Waals surface area contributed by atoms with Gasteiger partial charge in [0.05, 0.1) is 29.6 Å². The van der Waals surface area contributed by atoms with E-state index in [4.69, 9.17) is 5.73 Å². The van der Waals surface area contributed by atoms with E-state index in [0.29, 0.717) is 5.69 Å². The van der Waals surface area contributed by atoms with E-state index in [1.165, 1.54) is 23.1 Å². The molecule has 2 amide bonds. The number of imide groups is 1. The standard InChI is InChI=1S/C16H15FN2O2/c17-14-7-6-11(9-10(14)3-2-8-18)19-15(20)12-4-1-5-13(12)16(19)21/h6-7,9,12-13H,1,4-5,8,18H2. The zero-order valence-electron chi connectivity index (χ0n) is 11.4. The summed E-state index contributed by atoms with van der Waals surface area (Å²) >= 11 is 0. The summed E-state index contributed by atoms with van der Waals surface area (Å²) in [7, 11) is 0. The topological polar surface area (TPSA) is 63.4 Å². The first-order chi connectivity index (χ1) is 10.1. The van der Waals surface area contributed by atoms with E-state index in [0.717, 1.165) is 19.3 Å². The Balaban J connectivity index is 1.97. The summed E-state index contributed by atoms with van der Waals surface area (Å²) in [5.74, 6) is 3.94. The molecule has 2 fully saturated rings. The summed E-state index contributed by atoms with van der Waals surface area (Å²) < 4.78 is 13.7. The molecule has 108 valence electrons. The van der Waals surface area contributed by atoms with Gasteiger partial charge in [0.1, 0.15) is 5.82 Å². The molecule has 1 aliphatic heterocycles.